The van der Waals surface area contributed by atoms with Gasteiger partial charge in [-0.3, -0.25) is 9.59 Å². The van der Waals surface area contributed by atoms with E-state index in [0.29, 0.717) is 24.1 Å². The van der Waals surface area contributed by atoms with Gasteiger partial charge < -0.3 is 15.3 Å². The first-order chi connectivity index (χ1) is 12.1. The molecule has 1 saturated heterocycles. The Bertz CT molecular complexity index is 777. The van der Waals surface area contributed by atoms with E-state index < -0.39 is 24.0 Å². The molecule has 2 aromatic carbocycles. The molecule has 2 N–H and O–H groups in total. The smallest absolute Gasteiger partial charge is 0.326 e. The number of benzene rings is 2. The zero-order valence-corrected chi connectivity index (χ0v) is 13.5. The maximum atomic E-state index is 12.9. The van der Waals surface area contributed by atoms with Gasteiger partial charge in [-0.2, -0.15) is 0 Å². The number of carboxylic acid groups (broad SMARTS) is 1. The number of nitrogens with one attached hydrogen (secondary N) is 1. The first kappa shape index (κ1) is 16.7. The number of carbonyl (C=O) groups is 3. The van der Waals surface area contributed by atoms with Gasteiger partial charge in [-0.15, -0.1) is 0 Å². The van der Waals surface area contributed by atoms with Crippen molar-refractivity contribution < 1.29 is 19.5 Å². The van der Waals surface area contributed by atoms with Crippen molar-refractivity contribution in [1.29, 1.82) is 0 Å². The highest BCUT2D eigenvalue weighted by atomic mass is 16.4. The summed E-state index contributed by atoms with van der Waals surface area (Å²) >= 11 is 0. The minimum absolute atomic E-state index is 0.375. The van der Waals surface area contributed by atoms with E-state index in [9.17, 15) is 19.5 Å². The van der Waals surface area contributed by atoms with Crippen LogP contribution in [0.25, 0.3) is 0 Å². The molecule has 1 heterocycles. The largest absolute Gasteiger partial charge is 0.480 e. The van der Waals surface area contributed by atoms with Gasteiger partial charge in [0.2, 0.25) is 0 Å². The molecular formula is C19H18N2O4. The Morgan fingerprint density at radius 1 is 1.00 bits per heavy atom. The number of hydrogen-bond donors (Lipinski definition) is 2. The van der Waals surface area contributed by atoms with Crippen LogP contribution in [-0.2, 0) is 9.59 Å². The van der Waals surface area contributed by atoms with Crippen LogP contribution >= 0.6 is 0 Å². The molecule has 128 valence electrons. The van der Waals surface area contributed by atoms with E-state index >= 15 is 0 Å². The van der Waals surface area contributed by atoms with Crippen LogP contribution < -0.4 is 5.32 Å². The van der Waals surface area contributed by atoms with Crippen LogP contribution in [-0.4, -0.2) is 40.4 Å². The van der Waals surface area contributed by atoms with Crippen molar-refractivity contribution in [3.05, 3.63) is 71.8 Å². The highest BCUT2D eigenvalue weighted by Gasteiger charge is 2.41. The maximum absolute atomic E-state index is 12.9. The second-order valence-electron chi connectivity index (χ2n) is 5.86. The Hall–Kier alpha value is -3.15. The fourth-order valence-corrected chi connectivity index (χ4v) is 2.81. The van der Waals surface area contributed by atoms with Crippen molar-refractivity contribution in [2.24, 2.45) is 0 Å². The minimum atomic E-state index is -1.03. The van der Waals surface area contributed by atoms with E-state index in [1.165, 1.54) is 4.90 Å². The first-order valence-corrected chi connectivity index (χ1v) is 8.02. The Labute approximate surface area is 145 Å². The summed E-state index contributed by atoms with van der Waals surface area (Å²) in [7, 11) is 0. The highest BCUT2D eigenvalue weighted by molar-refractivity contribution is 5.98. The predicted octanol–water partition coefficient (Wildman–Crippen LogP) is 1.84. The van der Waals surface area contributed by atoms with Crippen LogP contribution in [0.15, 0.2) is 60.7 Å². The number of amides is 2. The van der Waals surface area contributed by atoms with Crippen LogP contribution in [0.4, 0.5) is 0 Å². The second-order valence-corrected chi connectivity index (χ2v) is 5.86. The molecule has 0 spiro atoms. The van der Waals surface area contributed by atoms with Gasteiger partial charge in [0.05, 0.1) is 0 Å². The molecular weight excluding hydrogens is 320 g/mol. The molecule has 0 aromatic heterocycles. The van der Waals surface area contributed by atoms with Gasteiger partial charge in [-0.25, -0.2) is 4.79 Å². The third-order valence-electron chi connectivity index (χ3n) is 4.28. The van der Waals surface area contributed by atoms with E-state index in [1.807, 2.05) is 6.07 Å². The molecule has 3 rings (SSSR count). The summed E-state index contributed by atoms with van der Waals surface area (Å²) in [5.74, 6) is -1.81. The van der Waals surface area contributed by atoms with Crippen LogP contribution in [0, 0.1) is 0 Å². The lowest BCUT2D eigenvalue weighted by atomic mass is 9.98. The van der Waals surface area contributed by atoms with E-state index in [-0.39, 0.29) is 5.91 Å². The fourth-order valence-electron chi connectivity index (χ4n) is 2.81. The average Bonchev–Trinajstić information content (AvgIpc) is 2.59. The summed E-state index contributed by atoms with van der Waals surface area (Å²) < 4.78 is 0. The Morgan fingerprint density at radius 2 is 1.60 bits per heavy atom. The standard InChI is InChI=1S/C19H18N2O4/c22-17(14-9-5-2-6-10-14)20-16(13-7-3-1-4-8-13)18(23)21-12-11-15(21)19(24)25/h1-10,15-16H,11-12H2,(H,20,22)(H,24,25)/t15-,16?/m0/s1. The number of hydrogen-bond acceptors (Lipinski definition) is 3. The summed E-state index contributed by atoms with van der Waals surface area (Å²) in [6.07, 6.45) is 0.426. The molecule has 2 amide bonds. The number of carboxylic acids is 1. The lowest BCUT2D eigenvalue weighted by molar-refractivity contribution is -0.158. The summed E-state index contributed by atoms with van der Waals surface area (Å²) in [5.41, 5.74) is 1.06. The zero-order chi connectivity index (χ0) is 17.8. The molecule has 2 atom stereocenters. The Morgan fingerprint density at radius 3 is 2.12 bits per heavy atom. The van der Waals surface area contributed by atoms with Crippen LogP contribution in [0.1, 0.15) is 28.4 Å². The number of likely N-dealkylation sites (tertiary alicyclic amines) is 1. The van der Waals surface area contributed by atoms with Gasteiger partial charge in [0, 0.05) is 12.1 Å². The quantitative estimate of drug-likeness (QED) is 0.871. The maximum Gasteiger partial charge on any atom is 0.326 e. The number of carbonyl (C=O) groups excluding carboxylic acids is 2. The lowest BCUT2D eigenvalue weighted by Gasteiger charge is -2.40. The Kier molecular flexibility index (Phi) is 4.79. The van der Waals surface area contributed by atoms with Crippen molar-refractivity contribution in [2.45, 2.75) is 18.5 Å². The van der Waals surface area contributed by atoms with Crippen molar-refractivity contribution in [3.63, 3.8) is 0 Å². The minimum Gasteiger partial charge on any atom is -0.480 e. The molecule has 0 bridgehead atoms. The molecule has 1 aliphatic heterocycles. The molecule has 2 aromatic rings. The SMILES string of the molecule is O=C(NC(C(=O)N1CC[C@H]1C(=O)O)c1ccccc1)c1ccccc1. The van der Waals surface area contributed by atoms with Gasteiger partial charge in [0.25, 0.3) is 11.8 Å². The zero-order valence-electron chi connectivity index (χ0n) is 13.5. The van der Waals surface area contributed by atoms with E-state index in [1.54, 1.807) is 54.6 Å². The van der Waals surface area contributed by atoms with Crippen LogP contribution in [0.2, 0.25) is 0 Å². The molecule has 25 heavy (non-hydrogen) atoms. The first-order valence-electron chi connectivity index (χ1n) is 8.02. The van der Waals surface area contributed by atoms with Gasteiger partial charge in [-0.05, 0) is 24.1 Å². The third kappa shape index (κ3) is 3.52. The Balaban J connectivity index is 1.85. The van der Waals surface area contributed by atoms with Gasteiger partial charge in [0.1, 0.15) is 12.1 Å². The summed E-state index contributed by atoms with van der Waals surface area (Å²) in [5, 5.41) is 11.9. The molecule has 0 saturated carbocycles. The predicted molar refractivity (Wildman–Crippen MR) is 90.8 cm³/mol. The number of aliphatic carboxylic acids is 1. The van der Waals surface area contributed by atoms with Crippen molar-refractivity contribution in [2.75, 3.05) is 6.54 Å². The summed E-state index contributed by atoms with van der Waals surface area (Å²) in [4.78, 5) is 37.8. The molecule has 1 fully saturated rings. The summed E-state index contributed by atoms with van der Waals surface area (Å²) in [6, 6.07) is 15.7. The van der Waals surface area contributed by atoms with Gasteiger partial charge in [-0.1, -0.05) is 48.5 Å². The lowest BCUT2D eigenvalue weighted by Crippen LogP contribution is -2.58. The highest BCUT2D eigenvalue weighted by Crippen LogP contribution is 2.24. The van der Waals surface area contributed by atoms with Gasteiger partial charge >= 0.3 is 5.97 Å². The van der Waals surface area contributed by atoms with E-state index in [2.05, 4.69) is 5.32 Å². The van der Waals surface area contributed by atoms with Crippen molar-refractivity contribution >= 4 is 17.8 Å². The molecule has 0 radical (unpaired) electrons. The number of rotatable bonds is 5. The van der Waals surface area contributed by atoms with E-state index in [0.717, 1.165) is 0 Å². The van der Waals surface area contributed by atoms with Crippen molar-refractivity contribution in [3.8, 4) is 0 Å². The fraction of sp³-hybridized carbons (Fsp3) is 0.211. The third-order valence-corrected chi connectivity index (χ3v) is 4.28. The molecule has 1 aliphatic rings. The topological polar surface area (TPSA) is 86.7 Å². The normalized spacial score (nSPS) is 17.3. The van der Waals surface area contributed by atoms with Crippen molar-refractivity contribution in [1.82, 2.24) is 10.2 Å². The van der Waals surface area contributed by atoms with Crippen LogP contribution in [0.5, 0.6) is 0 Å². The van der Waals surface area contributed by atoms with Gasteiger partial charge in [0.15, 0.2) is 0 Å². The summed E-state index contributed by atoms with van der Waals surface area (Å²) in [6.45, 7) is 0.375. The van der Waals surface area contributed by atoms with Crippen LogP contribution in [0.3, 0.4) is 0 Å². The second kappa shape index (κ2) is 7.17. The average molecular weight is 338 g/mol. The number of nitrogens with zero attached hydrogens (tertiary/aromatic N) is 1. The molecule has 6 nitrogen and oxygen atoms in total. The monoisotopic (exact) mass is 338 g/mol. The molecule has 0 aliphatic carbocycles. The molecule has 6 heteroatoms. The molecule has 1 unspecified atom stereocenters. The van der Waals surface area contributed by atoms with E-state index in [4.69, 9.17) is 0 Å².